The predicted octanol–water partition coefficient (Wildman–Crippen LogP) is 2.30. The van der Waals surface area contributed by atoms with Crippen molar-refractivity contribution in [2.75, 3.05) is 12.4 Å². The van der Waals surface area contributed by atoms with Crippen LogP contribution in [0.1, 0.15) is 11.1 Å². The zero-order chi connectivity index (χ0) is 11.2. The molecule has 0 unspecified atom stereocenters. The van der Waals surface area contributed by atoms with Gasteiger partial charge in [-0.2, -0.15) is 4.37 Å². The number of methoxy groups -OCH3 is 1. The molecular weight excluding hydrogens is 222 g/mol. The van der Waals surface area contributed by atoms with Crippen LogP contribution in [0.25, 0.3) is 0 Å². The van der Waals surface area contributed by atoms with E-state index in [2.05, 4.69) is 26.8 Å². The SMILES string of the molecule is COCc1ccccc1CNc1ncns1. The number of ether oxygens (including phenoxy) is 1. The van der Waals surface area contributed by atoms with E-state index in [1.807, 2.05) is 12.1 Å². The summed E-state index contributed by atoms with van der Waals surface area (Å²) in [6.07, 6.45) is 1.55. The van der Waals surface area contributed by atoms with E-state index in [0.717, 1.165) is 11.7 Å². The van der Waals surface area contributed by atoms with Crippen molar-refractivity contribution in [3.05, 3.63) is 41.7 Å². The first-order valence-electron chi connectivity index (χ1n) is 4.96. The zero-order valence-corrected chi connectivity index (χ0v) is 9.83. The molecule has 5 heteroatoms. The second kappa shape index (κ2) is 5.58. The molecule has 0 aliphatic heterocycles. The molecule has 0 amide bonds. The highest BCUT2D eigenvalue weighted by atomic mass is 32.1. The fourth-order valence-electron chi connectivity index (χ4n) is 1.45. The number of anilines is 1. The minimum atomic E-state index is 0.633. The van der Waals surface area contributed by atoms with E-state index >= 15 is 0 Å². The van der Waals surface area contributed by atoms with E-state index < -0.39 is 0 Å². The molecule has 0 bridgehead atoms. The van der Waals surface area contributed by atoms with Crippen molar-refractivity contribution in [3.8, 4) is 0 Å². The highest BCUT2D eigenvalue weighted by molar-refractivity contribution is 7.09. The Balaban J connectivity index is 2.03. The molecule has 1 heterocycles. The van der Waals surface area contributed by atoms with Crippen molar-refractivity contribution in [1.82, 2.24) is 9.36 Å². The van der Waals surface area contributed by atoms with Gasteiger partial charge in [0, 0.05) is 25.2 Å². The molecule has 0 aliphatic rings. The molecule has 16 heavy (non-hydrogen) atoms. The molecule has 0 saturated heterocycles. The van der Waals surface area contributed by atoms with E-state index in [4.69, 9.17) is 4.74 Å². The molecule has 0 atom stereocenters. The van der Waals surface area contributed by atoms with Crippen LogP contribution in [0.15, 0.2) is 30.6 Å². The molecule has 1 aromatic heterocycles. The Kier molecular flexibility index (Phi) is 3.85. The van der Waals surface area contributed by atoms with E-state index in [1.165, 1.54) is 22.7 Å². The van der Waals surface area contributed by atoms with Gasteiger partial charge in [-0.3, -0.25) is 0 Å². The molecule has 2 rings (SSSR count). The number of nitrogens with one attached hydrogen (secondary N) is 1. The average Bonchev–Trinajstić information content (AvgIpc) is 2.81. The number of nitrogens with zero attached hydrogens (tertiary/aromatic N) is 2. The smallest absolute Gasteiger partial charge is 0.202 e. The molecule has 0 saturated carbocycles. The first kappa shape index (κ1) is 11.0. The Bertz CT molecular complexity index is 431. The summed E-state index contributed by atoms with van der Waals surface area (Å²) in [6.45, 7) is 1.38. The molecule has 84 valence electrons. The minimum Gasteiger partial charge on any atom is -0.380 e. The minimum absolute atomic E-state index is 0.633. The quantitative estimate of drug-likeness (QED) is 0.863. The number of hydrogen-bond donors (Lipinski definition) is 1. The molecule has 4 nitrogen and oxygen atoms in total. The third kappa shape index (κ3) is 2.77. The first-order chi connectivity index (χ1) is 7.90. The van der Waals surface area contributed by atoms with Crippen LogP contribution in [0.4, 0.5) is 5.13 Å². The summed E-state index contributed by atoms with van der Waals surface area (Å²) in [7, 11) is 1.70. The number of benzene rings is 1. The van der Waals surface area contributed by atoms with Crippen molar-refractivity contribution in [2.24, 2.45) is 0 Å². The van der Waals surface area contributed by atoms with Crippen LogP contribution >= 0.6 is 11.5 Å². The Morgan fingerprint density at radius 3 is 2.81 bits per heavy atom. The fourth-order valence-corrected chi connectivity index (χ4v) is 1.87. The largest absolute Gasteiger partial charge is 0.380 e. The van der Waals surface area contributed by atoms with Gasteiger partial charge in [-0.05, 0) is 11.1 Å². The van der Waals surface area contributed by atoms with Crippen LogP contribution < -0.4 is 5.32 Å². The summed E-state index contributed by atoms with van der Waals surface area (Å²) >= 11 is 1.36. The maximum Gasteiger partial charge on any atom is 0.202 e. The third-order valence-electron chi connectivity index (χ3n) is 2.21. The van der Waals surface area contributed by atoms with Gasteiger partial charge in [0.05, 0.1) is 6.61 Å². The molecule has 0 aliphatic carbocycles. The summed E-state index contributed by atoms with van der Waals surface area (Å²) in [5.74, 6) is 0. The second-order valence-corrected chi connectivity index (χ2v) is 4.08. The normalized spacial score (nSPS) is 10.3. The monoisotopic (exact) mass is 235 g/mol. The second-order valence-electron chi connectivity index (χ2n) is 3.30. The third-order valence-corrected chi connectivity index (χ3v) is 2.83. The van der Waals surface area contributed by atoms with Crippen LogP contribution in [0.2, 0.25) is 0 Å². The van der Waals surface area contributed by atoms with Gasteiger partial charge >= 0.3 is 0 Å². The maximum absolute atomic E-state index is 5.15. The van der Waals surface area contributed by atoms with Crippen LogP contribution in [-0.4, -0.2) is 16.5 Å². The average molecular weight is 235 g/mol. The number of aromatic nitrogens is 2. The van der Waals surface area contributed by atoms with Crippen molar-refractivity contribution >= 4 is 16.7 Å². The summed E-state index contributed by atoms with van der Waals surface area (Å²) in [4.78, 5) is 4.07. The Labute approximate surface area is 98.5 Å². The zero-order valence-electron chi connectivity index (χ0n) is 9.01. The van der Waals surface area contributed by atoms with Crippen LogP contribution in [0.3, 0.4) is 0 Å². The van der Waals surface area contributed by atoms with Gasteiger partial charge in [0.1, 0.15) is 6.33 Å². The lowest BCUT2D eigenvalue weighted by Crippen LogP contribution is -2.03. The summed E-state index contributed by atoms with van der Waals surface area (Å²) in [5, 5.41) is 4.07. The van der Waals surface area contributed by atoms with Crippen molar-refractivity contribution < 1.29 is 4.74 Å². The molecule has 1 N–H and O–H groups in total. The molecule has 1 aromatic carbocycles. The lowest BCUT2D eigenvalue weighted by atomic mass is 10.1. The predicted molar refractivity (Wildman–Crippen MR) is 64.4 cm³/mol. The first-order valence-corrected chi connectivity index (χ1v) is 5.74. The Morgan fingerprint density at radius 2 is 2.12 bits per heavy atom. The molecular formula is C11H13N3OS. The summed E-state index contributed by atoms with van der Waals surface area (Å²) in [5.41, 5.74) is 2.42. The Hall–Kier alpha value is -1.46. The molecule has 0 spiro atoms. The topological polar surface area (TPSA) is 47.0 Å². The van der Waals surface area contributed by atoms with Gasteiger partial charge in [-0.1, -0.05) is 24.3 Å². The van der Waals surface area contributed by atoms with Crippen molar-refractivity contribution in [2.45, 2.75) is 13.2 Å². The van der Waals surface area contributed by atoms with Crippen molar-refractivity contribution in [1.29, 1.82) is 0 Å². The lowest BCUT2D eigenvalue weighted by molar-refractivity contribution is 0.184. The molecule has 0 fully saturated rings. The number of rotatable bonds is 5. The Morgan fingerprint density at radius 1 is 1.31 bits per heavy atom. The molecule has 0 radical (unpaired) electrons. The van der Waals surface area contributed by atoms with E-state index in [9.17, 15) is 0 Å². The highest BCUT2D eigenvalue weighted by Gasteiger charge is 2.02. The fraction of sp³-hybridized carbons (Fsp3) is 0.273. The number of hydrogen-bond acceptors (Lipinski definition) is 5. The summed E-state index contributed by atoms with van der Waals surface area (Å²) < 4.78 is 9.09. The van der Waals surface area contributed by atoms with Crippen LogP contribution in [0.5, 0.6) is 0 Å². The van der Waals surface area contributed by atoms with Gasteiger partial charge in [0.15, 0.2) is 0 Å². The van der Waals surface area contributed by atoms with Crippen LogP contribution in [0, 0.1) is 0 Å². The van der Waals surface area contributed by atoms with Crippen molar-refractivity contribution in [3.63, 3.8) is 0 Å². The van der Waals surface area contributed by atoms with Gasteiger partial charge in [0.25, 0.3) is 0 Å². The van der Waals surface area contributed by atoms with Gasteiger partial charge < -0.3 is 10.1 Å². The highest BCUT2D eigenvalue weighted by Crippen LogP contribution is 2.13. The van der Waals surface area contributed by atoms with E-state index in [0.29, 0.717) is 6.61 Å². The van der Waals surface area contributed by atoms with E-state index in [1.54, 1.807) is 13.4 Å². The van der Waals surface area contributed by atoms with Gasteiger partial charge in [-0.25, -0.2) is 4.98 Å². The van der Waals surface area contributed by atoms with Gasteiger partial charge in [0.2, 0.25) is 5.13 Å². The molecule has 2 aromatic rings. The standard InChI is InChI=1S/C11H13N3OS/c1-15-7-10-5-3-2-4-9(10)6-12-11-13-8-14-16-11/h2-5,8H,6-7H2,1H3,(H,12,13,14). The maximum atomic E-state index is 5.15. The van der Waals surface area contributed by atoms with E-state index in [-0.39, 0.29) is 0 Å². The van der Waals surface area contributed by atoms with Gasteiger partial charge in [-0.15, -0.1) is 0 Å². The lowest BCUT2D eigenvalue weighted by Gasteiger charge is -2.08. The summed E-state index contributed by atoms with van der Waals surface area (Å²) in [6, 6.07) is 8.20. The van der Waals surface area contributed by atoms with Crippen LogP contribution in [-0.2, 0) is 17.9 Å².